The molecule has 1 aromatic rings. The molecule has 1 fully saturated rings. The van der Waals surface area contributed by atoms with Crippen molar-refractivity contribution < 1.29 is 9.13 Å². The van der Waals surface area contributed by atoms with Gasteiger partial charge in [-0.1, -0.05) is 12.1 Å². The molecular formula is C17H27FN4O. The molecule has 1 N–H and O–H groups in total. The molecule has 2 rings (SSSR count). The van der Waals surface area contributed by atoms with E-state index in [2.05, 4.69) is 15.2 Å². The van der Waals surface area contributed by atoms with Crippen molar-refractivity contribution in [3.63, 3.8) is 0 Å². The fraction of sp³-hybridized carbons (Fsp3) is 0.588. The Morgan fingerprint density at radius 1 is 1.39 bits per heavy atom. The minimum absolute atomic E-state index is 0.204. The fourth-order valence-electron chi connectivity index (χ4n) is 2.58. The first-order chi connectivity index (χ1) is 11.2. The number of hydrogen-bond donors (Lipinski definition) is 1. The van der Waals surface area contributed by atoms with Crippen molar-refractivity contribution >= 4 is 5.96 Å². The summed E-state index contributed by atoms with van der Waals surface area (Å²) in [6.07, 6.45) is 0. The van der Waals surface area contributed by atoms with Gasteiger partial charge >= 0.3 is 0 Å². The number of morpholine rings is 1. The van der Waals surface area contributed by atoms with Crippen LogP contribution in [0, 0.1) is 5.82 Å². The highest BCUT2D eigenvalue weighted by Gasteiger charge is 2.10. The second-order valence-corrected chi connectivity index (χ2v) is 5.68. The second kappa shape index (κ2) is 9.47. The van der Waals surface area contributed by atoms with Crippen LogP contribution in [0.1, 0.15) is 12.5 Å². The van der Waals surface area contributed by atoms with E-state index in [0.717, 1.165) is 57.5 Å². The topological polar surface area (TPSA) is 40.1 Å². The normalized spacial score (nSPS) is 16.4. The van der Waals surface area contributed by atoms with Crippen LogP contribution >= 0.6 is 0 Å². The molecule has 0 atom stereocenters. The van der Waals surface area contributed by atoms with Crippen LogP contribution in [-0.2, 0) is 11.3 Å². The highest BCUT2D eigenvalue weighted by molar-refractivity contribution is 5.79. The fourth-order valence-corrected chi connectivity index (χ4v) is 2.58. The van der Waals surface area contributed by atoms with Gasteiger partial charge in [0.25, 0.3) is 0 Å². The number of ether oxygens (including phenoxy) is 1. The van der Waals surface area contributed by atoms with E-state index >= 15 is 0 Å². The number of benzene rings is 1. The third kappa shape index (κ3) is 6.15. The van der Waals surface area contributed by atoms with E-state index in [0.29, 0.717) is 6.54 Å². The lowest BCUT2D eigenvalue weighted by Crippen LogP contribution is -2.40. The number of guanidine groups is 1. The van der Waals surface area contributed by atoms with Gasteiger partial charge in [0.2, 0.25) is 0 Å². The molecule has 0 radical (unpaired) electrons. The summed E-state index contributed by atoms with van der Waals surface area (Å²) < 4.78 is 18.6. The monoisotopic (exact) mass is 322 g/mol. The molecule has 0 spiro atoms. The van der Waals surface area contributed by atoms with Crippen LogP contribution in [-0.4, -0.2) is 68.7 Å². The zero-order chi connectivity index (χ0) is 16.5. The summed E-state index contributed by atoms with van der Waals surface area (Å²) in [4.78, 5) is 9.07. The SMILES string of the molecule is CCNC(=NCCN1CCOCC1)N(C)Cc1cccc(F)c1. The van der Waals surface area contributed by atoms with Gasteiger partial charge in [-0.2, -0.15) is 0 Å². The summed E-state index contributed by atoms with van der Waals surface area (Å²) in [5.41, 5.74) is 0.936. The van der Waals surface area contributed by atoms with Crippen LogP contribution in [0.2, 0.25) is 0 Å². The van der Waals surface area contributed by atoms with Crippen molar-refractivity contribution in [1.29, 1.82) is 0 Å². The average molecular weight is 322 g/mol. The molecule has 1 saturated heterocycles. The summed E-state index contributed by atoms with van der Waals surface area (Å²) in [5.74, 6) is 0.648. The maximum absolute atomic E-state index is 13.3. The van der Waals surface area contributed by atoms with Crippen molar-refractivity contribution in [2.24, 2.45) is 4.99 Å². The Morgan fingerprint density at radius 2 is 2.17 bits per heavy atom. The van der Waals surface area contributed by atoms with Gasteiger partial charge in [0.15, 0.2) is 5.96 Å². The molecule has 0 unspecified atom stereocenters. The highest BCUT2D eigenvalue weighted by Crippen LogP contribution is 2.06. The van der Waals surface area contributed by atoms with Crippen LogP contribution in [0.25, 0.3) is 0 Å². The van der Waals surface area contributed by atoms with Gasteiger partial charge in [0.05, 0.1) is 19.8 Å². The van der Waals surface area contributed by atoms with Gasteiger partial charge in [0.1, 0.15) is 5.82 Å². The highest BCUT2D eigenvalue weighted by atomic mass is 19.1. The summed E-state index contributed by atoms with van der Waals surface area (Å²) in [7, 11) is 1.97. The van der Waals surface area contributed by atoms with Crippen molar-refractivity contribution in [2.75, 3.05) is 53.0 Å². The minimum Gasteiger partial charge on any atom is -0.379 e. The zero-order valence-electron chi connectivity index (χ0n) is 14.1. The first-order valence-corrected chi connectivity index (χ1v) is 8.23. The second-order valence-electron chi connectivity index (χ2n) is 5.68. The maximum atomic E-state index is 13.3. The Morgan fingerprint density at radius 3 is 2.87 bits per heavy atom. The van der Waals surface area contributed by atoms with Crippen molar-refractivity contribution in [3.05, 3.63) is 35.6 Å². The number of aliphatic imine (C=N–C) groups is 1. The van der Waals surface area contributed by atoms with E-state index in [1.807, 2.05) is 24.9 Å². The third-order valence-electron chi connectivity index (χ3n) is 3.79. The number of hydrogen-bond acceptors (Lipinski definition) is 3. The molecule has 0 bridgehead atoms. The van der Waals surface area contributed by atoms with E-state index in [9.17, 15) is 4.39 Å². The van der Waals surface area contributed by atoms with E-state index < -0.39 is 0 Å². The van der Waals surface area contributed by atoms with Crippen molar-refractivity contribution in [1.82, 2.24) is 15.1 Å². The Hall–Kier alpha value is -1.66. The predicted molar refractivity (Wildman–Crippen MR) is 91.1 cm³/mol. The lowest BCUT2D eigenvalue weighted by atomic mass is 10.2. The molecule has 23 heavy (non-hydrogen) atoms. The Bertz CT molecular complexity index is 503. The standard InChI is InChI=1S/C17H27FN4O/c1-3-19-17(20-7-8-22-9-11-23-12-10-22)21(2)14-15-5-4-6-16(18)13-15/h4-6,13H,3,7-12,14H2,1-2H3,(H,19,20). The van der Waals surface area contributed by atoms with Gasteiger partial charge in [-0.05, 0) is 24.6 Å². The van der Waals surface area contributed by atoms with Crippen LogP contribution in [0.5, 0.6) is 0 Å². The molecule has 1 heterocycles. The number of rotatable bonds is 6. The van der Waals surface area contributed by atoms with E-state index in [1.165, 1.54) is 6.07 Å². The maximum Gasteiger partial charge on any atom is 0.194 e. The van der Waals surface area contributed by atoms with Crippen LogP contribution in [0.3, 0.4) is 0 Å². The molecule has 1 aliphatic rings. The Labute approximate surface area is 138 Å². The molecule has 5 nitrogen and oxygen atoms in total. The number of halogens is 1. The van der Waals surface area contributed by atoms with Gasteiger partial charge in [0, 0.05) is 39.8 Å². The van der Waals surface area contributed by atoms with Crippen molar-refractivity contribution in [2.45, 2.75) is 13.5 Å². The third-order valence-corrected chi connectivity index (χ3v) is 3.79. The molecule has 1 aliphatic heterocycles. The summed E-state index contributed by atoms with van der Waals surface area (Å²) in [6, 6.07) is 6.69. The van der Waals surface area contributed by atoms with Gasteiger partial charge < -0.3 is 15.0 Å². The lowest BCUT2D eigenvalue weighted by molar-refractivity contribution is 0.0394. The predicted octanol–water partition coefficient (Wildman–Crippen LogP) is 1.56. The molecule has 0 amide bonds. The molecular weight excluding hydrogens is 295 g/mol. The largest absolute Gasteiger partial charge is 0.379 e. The molecule has 0 aliphatic carbocycles. The smallest absolute Gasteiger partial charge is 0.194 e. The number of nitrogens with zero attached hydrogens (tertiary/aromatic N) is 3. The van der Waals surface area contributed by atoms with E-state index in [-0.39, 0.29) is 5.82 Å². The molecule has 128 valence electrons. The van der Waals surface area contributed by atoms with Crippen LogP contribution in [0.15, 0.2) is 29.3 Å². The first-order valence-electron chi connectivity index (χ1n) is 8.23. The molecule has 6 heteroatoms. The summed E-state index contributed by atoms with van der Waals surface area (Å²) in [5, 5.41) is 3.29. The molecule has 0 saturated carbocycles. The number of nitrogens with one attached hydrogen (secondary N) is 1. The van der Waals surface area contributed by atoms with Gasteiger partial charge in [-0.3, -0.25) is 9.89 Å². The Balaban J connectivity index is 1.88. The lowest BCUT2D eigenvalue weighted by Gasteiger charge is -2.26. The quantitative estimate of drug-likeness (QED) is 0.637. The molecule has 1 aromatic carbocycles. The van der Waals surface area contributed by atoms with Crippen molar-refractivity contribution in [3.8, 4) is 0 Å². The zero-order valence-corrected chi connectivity index (χ0v) is 14.1. The van der Waals surface area contributed by atoms with E-state index in [1.54, 1.807) is 12.1 Å². The summed E-state index contributed by atoms with van der Waals surface area (Å²) >= 11 is 0. The van der Waals surface area contributed by atoms with Crippen LogP contribution < -0.4 is 5.32 Å². The van der Waals surface area contributed by atoms with Crippen LogP contribution in [0.4, 0.5) is 4.39 Å². The minimum atomic E-state index is -0.204. The first kappa shape index (κ1) is 17.7. The van der Waals surface area contributed by atoms with Gasteiger partial charge in [-0.15, -0.1) is 0 Å². The average Bonchev–Trinajstić information content (AvgIpc) is 2.55. The van der Waals surface area contributed by atoms with Gasteiger partial charge in [-0.25, -0.2) is 4.39 Å². The molecule has 0 aromatic heterocycles. The summed E-state index contributed by atoms with van der Waals surface area (Å²) in [6.45, 7) is 8.74. The van der Waals surface area contributed by atoms with E-state index in [4.69, 9.17) is 4.74 Å². The Kier molecular flexibility index (Phi) is 7.29.